The molecule has 104 valence electrons. The Kier molecular flexibility index (Phi) is 3.70. The van der Waals surface area contributed by atoms with Gasteiger partial charge in [0.25, 0.3) is 0 Å². The van der Waals surface area contributed by atoms with Crippen LogP contribution in [0.25, 0.3) is 11.8 Å². The molecule has 5 heteroatoms. The lowest BCUT2D eigenvalue weighted by Crippen LogP contribution is -2.24. The topological polar surface area (TPSA) is 68.0 Å². The highest BCUT2D eigenvalue weighted by atomic mass is 16.3. The lowest BCUT2D eigenvalue weighted by atomic mass is 9.88. The Hall–Kier alpha value is -2.43. The standard InChI is InChI=1S/C15H17N3O2/c1-15(2,3)14(20)13(18-10-16-9-17-18)8-11-4-6-12(19)7-5-11/h4-10,19H,1-3H3. The van der Waals surface area contributed by atoms with E-state index in [2.05, 4.69) is 10.1 Å². The number of carbonyl (C=O) groups excluding carboxylic acids is 1. The van der Waals surface area contributed by atoms with E-state index < -0.39 is 5.41 Å². The number of Topliss-reactive ketones (excluding diaryl/α,β-unsaturated/α-hetero) is 1. The van der Waals surface area contributed by atoms with Crippen LogP contribution in [0.15, 0.2) is 36.9 Å². The largest absolute Gasteiger partial charge is 0.508 e. The van der Waals surface area contributed by atoms with E-state index in [-0.39, 0.29) is 11.5 Å². The predicted molar refractivity (Wildman–Crippen MR) is 76.8 cm³/mol. The Labute approximate surface area is 117 Å². The maximum atomic E-state index is 12.5. The number of aromatic hydroxyl groups is 1. The monoisotopic (exact) mass is 271 g/mol. The minimum atomic E-state index is -0.519. The lowest BCUT2D eigenvalue weighted by Gasteiger charge is -2.18. The second kappa shape index (κ2) is 5.28. The Morgan fingerprint density at radius 2 is 1.90 bits per heavy atom. The molecule has 20 heavy (non-hydrogen) atoms. The van der Waals surface area contributed by atoms with Gasteiger partial charge in [-0.15, -0.1) is 0 Å². The summed E-state index contributed by atoms with van der Waals surface area (Å²) < 4.78 is 1.46. The minimum Gasteiger partial charge on any atom is -0.508 e. The second-order valence-electron chi connectivity index (χ2n) is 5.54. The predicted octanol–water partition coefficient (Wildman–Crippen LogP) is 2.60. The fraction of sp³-hybridized carbons (Fsp3) is 0.267. The van der Waals surface area contributed by atoms with E-state index in [9.17, 15) is 9.90 Å². The van der Waals surface area contributed by atoms with Crippen molar-refractivity contribution in [2.75, 3.05) is 0 Å². The maximum Gasteiger partial charge on any atom is 0.186 e. The summed E-state index contributed by atoms with van der Waals surface area (Å²) in [7, 11) is 0. The molecule has 0 amide bonds. The van der Waals surface area contributed by atoms with Gasteiger partial charge < -0.3 is 5.11 Å². The molecule has 0 atom stereocenters. The van der Waals surface area contributed by atoms with Crippen molar-refractivity contribution in [1.82, 2.24) is 14.8 Å². The Morgan fingerprint density at radius 1 is 1.25 bits per heavy atom. The van der Waals surface area contributed by atoms with E-state index in [1.165, 1.54) is 17.3 Å². The summed E-state index contributed by atoms with van der Waals surface area (Å²) in [5.41, 5.74) is 0.737. The van der Waals surface area contributed by atoms with E-state index in [0.717, 1.165) is 5.56 Å². The van der Waals surface area contributed by atoms with Crippen LogP contribution in [0, 0.1) is 5.41 Å². The van der Waals surface area contributed by atoms with Gasteiger partial charge in [-0.2, -0.15) is 5.10 Å². The van der Waals surface area contributed by atoms with Crippen molar-refractivity contribution >= 4 is 17.6 Å². The molecule has 0 saturated carbocycles. The van der Waals surface area contributed by atoms with E-state index in [1.54, 1.807) is 30.3 Å². The molecule has 1 aromatic heterocycles. The van der Waals surface area contributed by atoms with Gasteiger partial charge in [0.2, 0.25) is 0 Å². The van der Waals surface area contributed by atoms with Crippen LogP contribution in [0.1, 0.15) is 26.3 Å². The average Bonchev–Trinajstić information content (AvgIpc) is 2.90. The summed E-state index contributed by atoms with van der Waals surface area (Å²) >= 11 is 0. The third-order valence-electron chi connectivity index (χ3n) is 2.78. The first-order valence-corrected chi connectivity index (χ1v) is 6.28. The first-order chi connectivity index (χ1) is 9.38. The molecule has 2 aromatic rings. The van der Waals surface area contributed by atoms with Crippen molar-refractivity contribution in [1.29, 1.82) is 0 Å². The van der Waals surface area contributed by atoms with Gasteiger partial charge in [0.1, 0.15) is 24.1 Å². The molecule has 0 fully saturated rings. The van der Waals surface area contributed by atoms with Gasteiger partial charge in [0, 0.05) is 5.41 Å². The molecule has 0 saturated heterocycles. The molecule has 2 rings (SSSR count). The van der Waals surface area contributed by atoms with Crippen molar-refractivity contribution in [3.8, 4) is 5.75 Å². The van der Waals surface area contributed by atoms with Crippen molar-refractivity contribution in [3.05, 3.63) is 42.5 Å². The highest BCUT2D eigenvalue weighted by molar-refractivity contribution is 6.21. The highest BCUT2D eigenvalue weighted by Gasteiger charge is 2.26. The van der Waals surface area contributed by atoms with Gasteiger partial charge in [0.05, 0.1) is 0 Å². The molecule has 0 spiro atoms. The van der Waals surface area contributed by atoms with Gasteiger partial charge >= 0.3 is 0 Å². The molecule has 1 N–H and O–H groups in total. The van der Waals surface area contributed by atoms with Crippen LogP contribution in [0.3, 0.4) is 0 Å². The third kappa shape index (κ3) is 3.12. The van der Waals surface area contributed by atoms with Gasteiger partial charge in [-0.3, -0.25) is 4.79 Å². The zero-order valence-corrected chi connectivity index (χ0v) is 11.7. The zero-order chi connectivity index (χ0) is 14.8. The van der Waals surface area contributed by atoms with Crippen LogP contribution >= 0.6 is 0 Å². The fourth-order valence-corrected chi connectivity index (χ4v) is 1.68. The van der Waals surface area contributed by atoms with E-state index >= 15 is 0 Å². The molecular formula is C15H17N3O2. The summed E-state index contributed by atoms with van der Waals surface area (Å²) in [6.45, 7) is 5.57. The quantitative estimate of drug-likeness (QED) is 0.871. The number of hydrogen-bond donors (Lipinski definition) is 1. The summed E-state index contributed by atoms with van der Waals surface area (Å²) in [5, 5.41) is 13.3. The maximum absolute atomic E-state index is 12.5. The number of benzene rings is 1. The molecule has 0 aliphatic heterocycles. The number of rotatable bonds is 3. The number of phenolic OH excluding ortho intramolecular Hbond substituents is 1. The molecule has 0 aliphatic carbocycles. The average molecular weight is 271 g/mol. The van der Waals surface area contributed by atoms with Crippen molar-refractivity contribution in [2.24, 2.45) is 5.41 Å². The fourth-order valence-electron chi connectivity index (χ4n) is 1.68. The van der Waals surface area contributed by atoms with Gasteiger partial charge in [-0.1, -0.05) is 32.9 Å². The van der Waals surface area contributed by atoms with Gasteiger partial charge in [-0.05, 0) is 23.8 Å². The van der Waals surface area contributed by atoms with E-state index in [0.29, 0.717) is 5.70 Å². The molecule has 1 aromatic carbocycles. The molecule has 0 bridgehead atoms. The van der Waals surface area contributed by atoms with Crippen molar-refractivity contribution < 1.29 is 9.90 Å². The van der Waals surface area contributed by atoms with E-state index in [1.807, 2.05) is 20.8 Å². The van der Waals surface area contributed by atoms with Crippen molar-refractivity contribution in [2.45, 2.75) is 20.8 Å². The molecule has 1 heterocycles. The smallest absolute Gasteiger partial charge is 0.186 e. The second-order valence-corrected chi connectivity index (χ2v) is 5.54. The molecule has 0 aliphatic rings. The molecule has 0 unspecified atom stereocenters. The van der Waals surface area contributed by atoms with Crippen molar-refractivity contribution in [3.63, 3.8) is 0 Å². The summed E-state index contributed by atoms with van der Waals surface area (Å²) in [4.78, 5) is 16.4. The first-order valence-electron chi connectivity index (χ1n) is 6.28. The van der Waals surface area contributed by atoms with Crippen LogP contribution in [0.5, 0.6) is 5.75 Å². The summed E-state index contributed by atoms with van der Waals surface area (Å²) in [6, 6.07) is 6.63. The summed E-state index contributed by atoms with van der Waals surface area (Å²) in [6.07, 6.45) is 4.62. The highest BCUT2D eigenvalue weighted by Crippen LogP contribution is 2.24. The van der Waals surface area contributed by atoms with Crippen LogP contribution in [0.4, 0.5) is 0 Å². The lowest BCUT2D eigenvalue weighted by molar-refractivity contribution is -0.120. The number of aromatic nitrogens is 3. The summed E-state index contributed by atoms with van der Waals surface area (Å²) in [5.74, 6) is 0.155. The normalized spacial score (nSPS) is 12.4. The number of hydrogen-bond acceptors (Lipinski definition) is 4. The number of phenols is 1. The van der Waals surface area contributed by atoms with Crippen LogP contribution in [-0.2, 0) is 4.79 Å². The Morgan fingerprint density at radius 3 is 2.40 bits per heavy atom. The SMILES string of the molecule is CC(C)(C)C(=O)C(=Cc1ccc(O)cc1)n1cncn1. The number of ketones is 1. The minimum absolute atomic E-state index is 0.0314. The van der Waals surface area contributed by atoms with Crippen LogP contribution in [-0.4, -0.2) is 25.7 Å². The molecule has 0 radical (unpaired) electrons. The first kappa shape index (κ1) is 14.0. The third-order valence-corrected chi connectivity index (χ3v) is 2.78. The van der Waals surface area contributed by atoms with Gasteiger partial charge in [0.15, 0.2) is 5.78 Å². The number of nitrogens with zero attached hydrogens (tertiary/aromatic N) is 3. The molecule has 5 nitrogen and oxygen atoms in total. The number of allylic oxidation sites excluding steroid dienone is 1. The Bertz CT molecular complexity index is 620. The Balaban J connectivity index is 2.47. The van der Waals surface area contributed by atoms with Crippen LogP contribution in [0.2, 0.25) is 0 Å². The van der Waals surface area contributed by atoms with Gasteiger partial charge in [-0.25, -0.2) is 9.67 Å². The van der Waals surface area contributed by atoms with Crippen LogP contribution < -0.4 is 0 Å². The van der Waals surface area contributed by atoms with E-state index in [4.69, 9.17) is 0 Å². The number of carbonyl (C=O) groups is 1. The molecular weight excluding hydrogens is 254 g/mol. The zero-order valence-electron chi connectivity index (χ0n) is 11.7.